The van der Waals surface area contributed by atoms with Crippen LogP contribution in [0.3, 0.4) is 0 Å². The van der Waals surface area contributed by atoms with E-state index in [-0.39, 0.29) is 53.0 Å². The van der Waals surface area contributed by atoms with Crippen molar-refractivity contribution in [2.75, 3.05) is 64.7 Å². The Bertz CT molecular complexity index is 2820. The smallest absolute Gasteiger partial charge is 0.319 e. The zero-order valence-electron chi connectivity index (χ0n) is 40.1. The van der Waals surface area contributed by atoms with Crippen LogP contribution in [0.2, 0.25) is 0 Å². The Morgan fingerprint density at radius 3 is 2.49 bits per heavy atom. The van der Waals surface area contributed by atoms with E-state index in [1.54, 1.807) is 24.4 Å². The lowest BCUT2D eigenvalue weighted by molar-refractivity contribution is -0.134. The van der Waals surface area contributed by atoms with Gasteiger partial charge in [-0.25, -0.2) is 8.78 Å². The number of imide groups is 1. The second kappa shape index (κ2) is 18.1. The third-order valence-electron chi connectivity index (χ3n) is 16.3. The molecular formula is C54H63F2N7O6. The van der Waals surface area contributed by atoms with Gasteiger partial charge in [-0.3, -0.25) is 24.8 Å². The van der Waals surface area contributed by atoms with Gasteiger partial charge in [0.1, 0.15) is 28.6 Å². The Balaban J connectivity index is 0.762. The van der Waals surface area contributed by atoms with E-state index < -0.39 is 11.4 Å². The van der Waals surface area contributed by atoms with E-state index in [0.717, 1.165) is 64.1 Å². The first-order chi connectivity index (χ1) is 33.3. The number of anilines is 1. The van der Waals surface area contributed by atoms with Crippen LogP contribution in [-0.2, 0) is 33.8 Å². The Morgan fingerprint density at radius 2 is 1.74 bits per heavy atom. The van der Waals surface area contributed by atoms with Crippen LogP contribution < -0.4 is 19.7 Å². The Hall–Kier alpha value is -5.35. The number of aromatic nitrogens is 3. The van der Waals surface area contributed by atoms with Gasteiger partial charge in [0, 0.05) is 70.0 Å². The van der Waals surface area contributed by atoms with Gasteiger partial charge in [0.05, 0.1) is 23.5 Å². The SMILES string of the molecule is CCc1c(F)ccc2cc(OCOC)cc(-c3ncc4c(N5CCC[C@@](C)(O)C5)nc(OCC5(CN6CCC7(CC6)CC(CN6Cc8ccc(C9CCC(=O)NC9=O)cc8C6)C7)CC5)nc4c3F)c12. The van der Waals surface area contributed by atoms with Crippen molar-refractivity contribution in [3.05, 3.63) is 82.5 Å². The number of rotatable bonds is 14. The van der Waals surface area contributed by atoms with Crippen LogP contribution in [0.1, 0.15) is 106 Å². The van der Waals surface area contributed by atoms with Gasteiger partial charge in [0.25, 0.3) is 0 Å². The standard InChI is InChI=1S/C54H63F2N7O6/c1-4-39-43(55)10-8-35-21-38(69-32-67-3)22-41(45(35)39)47-46(56)48-42(25-57-47)49(63-17-5-12-52(2,66)29-63)60-51(59-48)68-31-54(13-14-54)30-61-18-15-53(16-19-61)23-33(24-53)26-62-27-36-7-6-34(20-37(36)28-62)40-9-11-44(64)58-50(40)65/h6-8,10,20-22,25,33,40,66H,4-5,9,11-19,23-24,26-32H2,1-3H3,(H,58,64,65)/t40?,52-/m1/s1. The average molecular weight is 944 g/mol. The van der Waals surface area contributed by atoms with Gasteiger partial charge < -0.3 is 29.1 Å². The summed E-state index contributed by atoms with van der Waals surface area (Å²) in [7, 11) is 1.52. The molecule has 3 aromatic carbocycles. The molecule has 2 aromatic heterocycles. The number of piperidine rings is 3. The summed E-state index contributed by atoms with van der Waals surface area (Å²) in [4.78, 5) is 45.7. The van der Waals surface area contributed by atoms with Crippen LogP contribution in [0.15, 0.2) is 48.7 Å². The number of pyridine rings is 1. The first-order valence-corrected chi connectivity index (χ1v) is 25.0. The monoisotopic (exact) mass is 943 g/mol. The number of aliphatic hydroxyl groups is 1. The maximum Gasteiger partial charge on any atom is 0.319 e. The molecule has 15 heteroatoms. The molecule has 11 rings (SSSR count). The second-order valence-corrected chi connectivity index (χ2v) is 21.6. The lowest BCUT2D eigenvalue weighted by atomic mass is 9.57. The van der Waals surface area contributed by atoms with Gasteiger partial charge in [-0.1, -0.05) is 31.2 Å². The van der Waals surface area contributed by atoms with Crippen molar-refractivity contribution in [3.8, 4) is 23.0 Å². The molecule has 5 fully saturated rings. The van der Waals surface area contributed by atoms with Crippen molar-refractivity contribution in [2.45, 2.75) is 109 Å². The number of methoxy groups -OCH3 is 1. The third kappa shape index (κ3) is 9.16. The number of aryl methyl sites for hydroxylation is 1. The highest BCUT2D eigenvalue weighted by atomic mass is 19.1. The minimum absolute atomic E-state index is 0.0139. The van der Waals surface area contributed by atoms with Gasteiger partial charge in [-0.05, 0) is 147 Å². The summed E-state index contributed by atoms with van der Waals surface area (Å²) in [5, 5.41) is 15.3. The predicted molar refractivity (Wildman–Crippen MR) is 258 cm³/mol. The number of carbonyl (C=O) groups is 2. The van der Waals surface area contributed by atoms with Gasteiger partial charge in [-0.2, -0.15) is 9.97 Å². The molecule has 2 aliphatic carbocycles. The lowest BCUT2D eigenvalue weighted by Crippen LogP contribution is -2.50. The van der Waals surface area contributed by atoms with Crippen molar-refractivity contribution in [1.82, 2.24) is 30.1 Å². The van der Waals surface area contributed by atoms with Crippen molar-refractivity contribution in [1.29, 1.82) is 0 Å². The normalized spacial score (nSPS) is 23.6. The van der Waals surface area contributed by atoms with E-state index in [9.17, 15) is 14.7 Å². The number of β-amino-alcohol motifs (C(OH)–C–C–N with tert-alkyl or cyclic N) is 1. The number of nitrogens with zero attached hydrogens (tertiary/aromatic N) is 6. The number of likely N-dealkylation sites (tertiary alicyclic amines) is 1. The lowest BCUT2D eigenvalue weighted by Gasteiger charge is -2.53. The number of fused-ring (bicyclic) bond motifs is 3. The van der Waals surface area contributed by atoms with Gasteiger partial charge >= 0.3 is 6.01 Å². The van der Waals surface area contributed by atoms with Gasteiger partial charge in [0.15, 0.2) is 12.6 Å². The first kappa shape index (κ1) is 46.1. The maximum absolute atomic E-state index is 17.4. The molecule has 2 N–H and O–H groups in total. The number of benzene rings is 3. The van der Waals surface area contributed by atoms with Crippen LogP contribution in [0.5, 0.6) is 11.8 Å². The van der Waals surface area contributed by atoms with Crippen LogP contribution in [-0.4, -0.2) is 107 Å². The highest BCUT2D eigenvalue weighted by molar-refractivity contribution is 6.02. The summed E-state index contributed by atoms with van der Waals surface area (Å²) in [6.45, 7) is 11.0. The Labute approximate surface area is 401 Å². The van der Waals surface area contributed by atoms with Crippen LogP contribution >= 0.6 is 0 Å². The molecule has 3 saturated heterocycles. The molecule has 2 amide bonds. The predicted octanol–water partition coefficient (Wildman–Crippen LogP) is 8.21. The molecule has 2 atom stereocenters. The van der Waals surface area contributed by atoms with Crippen molar-refractivity contribution < 1.29 is 37.7 Å². The molecule has 4 aliphatic heterocycles. The zero-order chi connectivity index (χ0) is 47.7. The molecular weight excluding hydrogens is 881 g/mol. The number of halogens is 2. The van der Waals surface area contributed by atoms with Gasteiger partial charge in [-0.15, -0.1) is 0 Å². The minimum Gasteiger partial charge on any atom is -0.468 e. The summed E-state index contributed by atoms with van der Waals surface area (Å²) in [5.74, 6) is -0.0629. The Morgan fingerprint density at radius 1 is 0.928 bits per heavy atom. The van der Waals surface area contributed by atoms with Crippen LogP contribution in [0.4, 0.5) is 14.6 Å². The fraction of sp³-hybridized carbons (Fsp3) is 0.537. The molecule has 1 unspecified atom stereocenters. The molecule has 6 heterocycles. The van der Waals surface area contributed by atoms with Crippen LogP contribution in [0, 0.1) is 28.4 Å². The highest BCUT2D eigenvalue weighted by Crippen LogP contribution is 2.54. The van der Waals surface area contributed by atoms with Crippen molar-refractivity contribution >= 4 is 39.3 Å². The first-order valence-electron chi connectivity index (χ1n) is 25.0. The summed E-state index contributed by atoms with van der Waals surface area (Å²) in [5.41, 5.74) is 4.01. The molecule has 364 valence electrons. The quantitative estimate of drug-likeness (QED) is 0.0819. The highest BCUT2D eigenvalue weighted by Gasteiger charge is 2.50. The number of ether oxygens (including phenoxy) is 3. The molecule has 2 saturated carbocycles. The van der Waals surface area contributed by atoms with Gasteiger partial charge in [0.2, 0.25) is 11.8 Å². The van der Waals surface area contributed by atoms with Crippen molar-refractivity contribution in [2.24, 2.45) is 16.7 Å². The third-order valence-corrected chi connectivity index (χ3v) is 16.3. The molecule has 0 radical (unpaired) electrons. The summed E-state index contributed by atoms with van der Waals surface area (Å²) >= 11 is 0. The number of amides is 2. The summed E-state index contributed by atoms with van der Waals surface area (Å²) < 4.78 is 50.3. The molecule has 0 bridgehead atoms. The van der Waals surface area contributed by atoms with E-state index >= 15 is 8.78 Å². The van der Waals surface area contributed by atoms with Crippen molar-refractivity contribution in [3.63, 3.8) is 0 Å². The molecule has 5 aromatic rings. The molecule has 6 aliphatic rings. The largest absolute Gasteiger partial charge is 0.468 e. The Kier molecular flexibility index (Phi) is 12.1. The zero-order valence-corrected chi connectivity index (χ0v) is 40.1. The minimum atomic E-state index is -0.955. The number of nitrogens with one attached hydrogen (secondary N) is 1. The second-order valence-electron chi connectivity index (χ2n) is 21.6. The van der Waals surface area contributed by atoms with Crippen LogP contribution in [0.25, 0.3) is 32.9 Å². The fourth-order valence-electron chi connectivity index (χ4n) is 12.5. The van der Waals surface area contributed by atoms with E-state index in [4.69, 9.17) is 29.2 Å². The number of hydrogen-bond acceptors (Lipinski definition) is 12. The number of carbonyl (C=O) groups excluding carboxylic acids is 2. The van der Waals surface area contributed by atoms with E-state index in [1.807, 2.05) is 18.7 Å². The summed E-state index contributed by atoms with van der Waals surface area (Å²) in [6.07, 6.45) is 11.3. The number of hydrogen-bond donors (Lipinski definition) is 2. The maximum atomic E-state index is 17.4. The average Bonchev–Trinajstić information content (AvgIpc) is 3.97. The molecule has 13 nitrogen and oxygen atoms in total. The molecule has 1 spiro atoms. The fourth-order valence-corrected chi connectivity index (χ4v) is 12.5. The molecule has 69 heavy (non-hydrogen) atoms. The topological polar surface area (TPSA) is 142 Å². The van der Waals surface area contributed by atoms with E-state index in [1.165, 1.54) is 50.0 Å². The van der Waals surface area contributed by atoms with E-state index in [0.29, 0.717) is 95.6 Å². The summed E-state index contributed by atoms with van der Waals surface area (Å²) in [6, 6.07) is 13.1. The van der Waals surface area contributed by atoms with E-state index in [2.05, 4.69) is 33.3 Å².